The number of hydrogen-bond donors (Lipinski definition) is 1. The van der Waals surface area contributed by atoms with E-state index in [1.165, 1.54) is 12.3 Å². The van der Waals surface area contributed by atoms with Gasteiger partial charge in [-0.15, -0.1) is 0 Å². The van der Waals surface area contributed by atoms with E-state index in [2.05, 4.69) is 9.97 Å². The molecule has 0 saturated carbocycles. The molecule has 0 bridgehead atoms. The van der Waals surface area contributed by atoms with Gasteiger partial charge in [0.25, 0.3) is 11.6 Å². The highest BCUT2D eigenvalue weighted by Crippen LogP contribution is 2.11. The van der Waals surface area contributed by atoms with Crippen LogP contribution in [0, 0.1) is 0 Å². The van der Waals surface area contributed by atoms with Crippen molar-refractivity contribution in [3.8, 4) is 6.01 Å². The number of H-pyrrole nitrogens is 1. The molecule has 5 nitrogen and oxygen atoms in total. The maximum Gasteiger partial charge on any atom is 0.296 e. The van der Waals surface area contributed by atoms with Crippen LogP contribution < -0.4 is 10.3 Å². The highest BCUT2D eigenvalue weighted by molar-refractivity contribution is 4.94. The fraction of sp³-hybridized carbons (Fsp3) is 0.500. The van der Waals surface area contributed by atoms with E-state index in [0.717, 1.165) is 13.0 Å². The van der Waals surface area contributed by atoms with E-state index in [1.807, 2.05) is 0 Å². The number of nitrogens with one attached hydrogen (secondary N) is 1. The summed E-state index contributed by atoms with van der Waals surface area (Å²) >= 11 is 0. The van der Waals surface area contributed by atoms with Gasteiger partial charge in [-0.25, -0.2) is 4.98 Å². The topological polar surface area (TPSA) is 64.2 Å². The number of rotatable bonds is 3. The summed E-state index contributed by atoms with van der Waals surface area (Å²) in [5.41, 5.74) is -0.209. The first-order valence-corrected chi connectivity index (χ1v) is 4.14. The van der Waals surface area contributed by atoms with Gasteiger partial charge in [0.05, 0.1) is 6.10 Å². The Labute approximate surface area is 74.7 Å². The number of ether oxygens (including phenoxy) is 2. The van der Waals surface area contributed by atoms with Crippen molar-refractivity contribution in [3.05, 3.63) is 22.6 Å². The van der Waals surface area contributed by atoms with Gasteiger partial charge in [0.2, 0.25) is 0 Å². The van der Waals surface area contributed by atoms with Crippen LogP contribution in [0.2, 0.25) is 0 Å². The zero-order valence-corrected chi connectivity index (χ0v) is 7.03. The summed E-state index contributed by atoms with van der Waals surface area (Å²) in [5.74, 6) is 0. The number of nitrogens with zero attached hydrogens (tertiary/aromatic N) is 1. The minimum atomic E-state index is -0.209. The van der Waals surface area contributed by atoms with Crippen molar-refractivity contribution in [2.24, 2.45) is 0 Å². The molecule has 1 fully saturated rings. The molecule has 1 atom stereocenters. The van der Waals surface area contributed by atoms with Gasteiger partial charge in [0, 0.05) is 25.3 Å². The van der Waals surface area contributed by atoms with Gasteiger partial charge in [0.1, 0.15) is 6.61 Å². The first kappa shape index (κ1) is 8.25. The molecule has 1 aromatic rings. The quantitative estimate of drug-likeness (QED) is 0.711. The standard InChI is InChI=1S/C8H10N2O3/c11-7-1-3-9-8(10-7)13-5-6-2-4-12-6/h1,3,6H,2,4-5H2,(H,9,10,11). The molecule has 0 spiro atoms. The molecular weight excluding hydrogens is 172 g/mol. The first-order valence-electron chi connectivity index (χ1n) is 4.14. The molecule has 0 aliphatic carbocycles. The van der Waals surface area contributed by atoms with Crippen molar-refractivity contribution in [1.29, 1.82) is 0 Å². The van der Waals surface area contributed by atoms with Crippen LogP contribution in [0.1, 0.15) is 6.42 Å². The fourth-order valence-corrected chi connectivity index (χ4v) is 1.01. The van der Waals surface area contributed by atoms with E-state index in [4.69, 9.17) is 9.47 Å². The fourth-order valence-electron chi connectivity index (χ4n) is 1.01. The lowest BCUT2D eigenvalue weighted by Crippen LogP contribution is -2.33. The Morgan fingerprint density at radius 3 is 3.23 bits per heavy atom. The summed E-state index contributed by atoms with van der Waals surface area (Å²) < 4.78 is 10.3. The zero-order valence-electron chi connectivity index (χ0n) is 7.03. The third-order valence-electron chi connectivity index (χ3n) is 1.85. The number of aromatic amines is 1. The van der Waals surface area contributed by atoms with E-state index in [1.54, 1.807) is 0 Å². The molecule has 0 aromatic carbocycles. The molecule has 2 rings (SSSR count). The third-order valence-corrected chi connectivity index (χ3v) is 1.85. The Kier molecular flexibility index (Phi) is 2.27. The van der Waals surface area contributed by atoms with E-state index in [0.29, 0.717) is 6.61 Å². The number of hydrogen-bond acceptors (Lipinski definition) is 4. The molecule has 5 heteroatoms. The second-order valence-electron chi connectivity index (χ2n) is 2.83. The van der Waals surface area contributed by atoms with Crippen LogP contribution in [0.3, 0.4) is 0 Å². The van der Waals surface area contributed by atoms with Crippen molar-refractivity contribution in [3.63, 3.8) is 0 Å². The monoisotopic (exact) mass is 182 g/mol. The van der Waals surface area contributed by atoms with E-state index in [-0.39, 0.29) is 17.7 Å². The van der Waals surface area contributed by atoms with Crippen molar-refractivity contribution in [2.45, 2.75) is 12.5 Å². The Bertz CT molecular complexity index is 332. The number of aromatic nitrogens is 2. The van der Waals surface area contributed by atoms with E-state index in [9.17, 15) is 4.79 Å². The molecule has 13 heavy (non-hydrogen) atoms. The summed E-state index contributed by atoms with van der Waals surface area (Å²) in [7, 11) is 0. The summed E-state index contributed by atoms with van der Waals surface area (Å²) in [6.07, 6.45) is 2.58. The Balaban J connectivity index is 1.89. The van der Waals surface area contributed by atoms with Crippen molar-refractivity contribution in [2.75, 3.05) is 13.2 Å². The van der Waals surface area contributed by atoms with Crippen molar-refractivity contribution in [1.82, 2.24) is 9.97 Å². The maximum absolute atomic E-state index is 10.8. The summed E-state index contributed by atoms with van der Waals surface area (Å²) in [6.45, 7) is 1.25. The molecule has 70 valence electrons. The maximum atomic E-state index is 10.8. The third kappa shape index (κ3) is 2.06. The second kappa shape index (κ2) is 3.57. The van der Waals surface area contributed by atoms with Crippen LogP contribution in [0.4, 0.5) is 0 Å². The van der Waals surface area contributed by atoms with E-state index < -0.39 is 0 Å². The van der Waals surface area contributed by atoms with Crippen LogP contribution in [0.5, 0.6) is 6.01 Å². The lowest BCUT2D eigenvalue weighted by Gasteiger charge is -2.25. The average molecular weight is 182 g/mol. The Hall–Kier alpha value is -1.36. The zero-order chi connectivity index (χ0) is 9.10. The van der Waals surface area contributed by atoms with Gasteiger partial charge >= 0.3 is 0 Å². The van der Waals surface area contributed by atoms with Gasteiger partial charge in [-0.05, 0) is 0 Å². The summed E-state index contributed by atoms with van der Waals surface area (Å²) in [5, 5.41) is 0. The summed E-state index contributed by atoms with van der Waals surface area (Å²) in [6, 6.07) is 1.59. The van der Waals surface area contributed by atoms with Crippen LogP contribution in [0.25, 0.3) is 0 Å². The molecule has 2 heterocycles. The molecule has 1 saturated heterocycles. The second-order valence-corrected chi connectivity index (χ2v) is 2.83. The van der Waals surface area contributed by atoms with Gasteiger partial charge in [-0.3, -0.25) is 9.78 Å². The van der Waals surface area contributed by atoms with Gasteiger partial charge < -0.3 is 9.47 Å². The molecule has 0 amide bonds. The predicted molar refractivity (Wildman–Crippen MR) is 44.7 cm³/mol. The largest absolute Gasteiger partial charge is 0.462 e. The molecule has 1 N–H and O–H groups in total. The van der Waals surface area contributed by atoms with E-state index >= 15 is 0 Å². The van der Waals surface area contributed by atoms with Crippen LogP contribution in [0.15, 0.2) is 17.1 Å². The SMILES string of the molecule is O=c1ccnc(OCC2CCO2)[nH]1. The lowest BCUT2D eigenvalue weighted by atomic mass is 10.2. The average Bonchev–Trinajstić information content (AvgIpc) is 2.01. The smallest absolute Gasteiger partial charge is 0.296 e. The normalized spacial score (nSPS) is 20.8. The lowest BCUT2D eigenvalue weighted by molar-refractivity contribution is -0.0734. The van der Waals surface area contributed by atoms with Crippen molar-refractivity contribution >= 4 is 0 Å². The van der Waals surface area contributed by atoms with Gasteiger partial charge in [-0.1, -0.05) is 0 Å². The van der Waals surface area contributed by atoms with Gasteiger partial charge in [-0.2, -0.15) is 0 Å². The molecule has 1 aromatic heterocycles. The summed E-state index contributed by atoms with van der Waals surface area (Å²) in [4.78, 5) is 17.1. The van der Waals surface area contributed by atoms with Crippen molar-refractivity contribution < 1.29 is 9.47 Å². The minimum Gasteiger partial charge on any atom is -0.462 e. The van der Waals surface area contributed by atoms with Gasteiger partial charge in [0.15, 0.2) is 0 Å². The molecule has 1 aliphatic heterocycles. The van der Waals surface area contributed by atoms with Crippen LogP contribution in [-0.2, 0) is 4.74 Å². The Morgan fingerprint density at radius 2 is 2.62 bits per heavy atom. The molecule has 0 radical (unpaired) electrons. The molecule has 1 aliphatic rings. The first-order chi connectivity index (χ1) is 6.34. The van der Waals surface area contributed by atoms with Crippen LogP contribution in [-0.4, -0.2) is 29.3 Å². The van der Waals surface area contributed by atoms with Crippen LogP contribution >= 0.6 is 0 Å². The predicted octanol–water partition coefficient (Wildman–Crippen LogP) is -0.0624. The highest BCUT2D eigenvalue weighted by Gasteiger charge is 2.18. The minimum absolute atomic E-state index is 0.158. The highest BCUT2D eigenvalue weighted by atomic mass is 16.6. The molecule has 1 unspecified atom stereocenters. The Morgan fingerprint density at radius 1 is 1.77 bits per heavy atom. The molecular formula is C8H10N2O3.